The van der Waals surface area contributed by atoms with Gasteiger partial charge in [0, 0.05) is 29.9 Å². The number of aromatic nitrogens is 2. The van der Waals surface area contributed by atoms with Gasteiger partial charge in [-0.1, -0.05) is 69.7 Å². The molecule has 0 N–H and O–H groups in total. The Hall–Kier alpha value is -2.61. The summed E-state index contributed by atoms with van der Waals surface area (Å²) in [6, 6.07) is 14.7. The maximum absolute atomic E-state index is 4.64. The molecular weight excluding hydrogens is 340 g/mol. The van der Waals surface area contributed by atoms with Gasteiger partial charge >= 0.3 is 0 Å². The van der Waals surface area contributed by atoms with Crippen molar-refractivity contribution < 1.29 is 0 Å². The number of pyridine rings is 1. The zero-order chi connectivity index (χ0) is 20.1. The minimum absolute atomic E-state index is 0.374. The van der Waals surface area contributed by atoms with Crippen molar-refractivity contribution in [2.24, 2.45) is 5.41 Å². The molecule has 0 saturated carbocycles. The summed E-state index contributed by atoms with van der Waals surface area (Å²) in [7, 11) is 0. The number of allylic oxidation sites excluding steroid dienone is 2. The Morgan fingerprint density at radius 1 is 1.14 bits per heavy atom. The number of rotatable bonds is 8. The first-order valence-electron chi connectivity index (χ1n) is 10.2. The van der Waals surface area contributed by atoms with E-state index in [-0.39, 0.29) is 0 Å². The van der Waals surface area contributed by atoms with Crippen molar-refractivity contribution in [1.82, 2.24) is 9.55 Å². The number of fused-ring (bicyclic) bond motifs is 1. The van der Waals surface area contributed by atoms with Gasteiger partial charge < -0.3 is 4.57 Å². The average molecular weight is 373 g/mol. The molecule has 2 heteroatoms. The maximum Gasteiger partial charge on any atom is 0.140 e. The molecule has 0 unspecified atom stereocenters. The molecule has 0 aliphatic carbocycles. The lowest BCUT2D eigenvalue weighted by Crippen LogP contribution is -2.09. The van der Waals surface area contributed by atoms with Crippen LogP contribution in [-0.4, -0.2) is 9.55 Å². The number of hydrogen-bond acceptors (Lipinski definition) is 1. The molecule has 28 heavy (non-hydrogen) atoms. The van der Waals surface area contributed by atoms with Gasteiger partial charge in [0.15, 0.2) is 0 Å². The molecule has 0 fully saturated rings. The van der Waals surface area contributed by atoms with E-state index in [2.05, 4.69) is 92.5 Å². The van der Waals surface area contributed by atoms with Gasteiger partial charge in [-0.25, -0.2) is 4.98 Å². The van der Waals surface area contributed by atoms with Crippen LogP contribution < -0.4 is 0 Å². The van der Waals surface area contributed by atoms with Crippen molar-refractivity contribution >= 4 is 17.1 Å². The van der Waals surface area contributed by atoms with Crippen molar-refractivity contribution in [2.45, 2.75) is 53.5 Å². The van der Waals surface area contributed by atoms with Crippen LogP contribution in [0.25, 0.3) is 17.1 Å². The molecule has 0 aliphatic rings. The Balaban J connectivity index is 1.86. The van der Waals surface area contributed by atoms with Crippen molar-refractivity contribution in [3.8, 4) is 0 Å². The summed E-state index contributed by atoms with van der Waals surface area (Å²) in [5, 5.41) is 1.19. The molecule has 2 aromatic heterocycles. The fourth-order valence-electron chi connectivity index (χ4n) is 3.36. The summed E-state index contributed by atoms with van der Waals surface area (Å²) < 4.78 is 2.24. The van der Waals surface area contributed by atoms with Crippen LogP contribution in [0.2, 0.25) is 0 Å². The van der Waals surface area contributed by atoms with Crippen LogP contribution in [0.1, 0.15) is 58.1 Å². The minimum Gasteiger partial charge on any atom is -0.327 e. The van der Waals surface area contributed by atoms with E-state index in [1.807, 2.05) is 12.3 Å². The van der Waals surface area contributed by atoms with Crippen LogP contribution >= 0.6 is 0 Å². The van der Waals surface area contributed by atoms with Crippen LogP contribution in [0, 0.1) is 5.41 Å². The Morgan fingerprint density at radius 3 is 2.61 bits per heavy atom. The standard InChI is InChI=1S/C26H32N2/c1-6-26(4,5)15-14-20(2)21(3)17-23-19-28(18-22-11-8-7-9-12-22)25-24(23)13-10-16-27-25/h7-13,16-17,19H,2,6,14-15,18H2,1,3-5H3/b21-17+. The Labute approximate surface area is 169 Å². The minimum atomic E-state index is 0.374. The Morgan fingerprint density at radius 2 is 1.89 bits per heavy atom. The first kappa shape index (κ1) is 20.1. The van der Waals surface area contributed by atoms with E-state index in [0.29, 0.717) is 5.41 Å². The molecule has 146 valence electrons. The first-order chi connectivity index (χ1) is 13.4. The monoisotopic (exact) mass is 372 g/mol. The van der Waals surface area contributed by atoms with Crippen molar-refractivity contribution in [1.29, 1.82) is 0 Å². The molecule has 1 aromatic carbocycles. The smallest absolute Gasteiger partial charge is 0.140 e. The van der Waals surface area contributed by atoms with E-state index in [1.54, 1.807) is 0 Å². The van der Waals surface area contributed by atoms with Crippen molar-refractivity contribution in [3.63, 3.8) is 0 Å². The van der Waals surface area contributed by atoms with Gasteiger partial charge in [-0.05, 0) is 54.5 Å². The van der Waals surface area contributed by atoms with Gasteiger partial charge in [0.25, 0.3) is 0 Å². The molecule has 0 saturated heterocycles. The molecule has 3 aromatic rings. The van der Waals surface area contributed by atoms with Gasteiger partial charge in [-0.3, -0.25) is 0 Å². The number of benzene rings is 1. The molecule has 0 radical (unpaired) electrons. The summed E-state index contributed by atoms with van der Waals surface area (Å²) in [6.45, 7) is 14.3. The second-order valence-electron chi connectivity index (χ2n) is 8.52. The summed E-state index contributed by atoms with van der Waals surface area (Å²) in [4.78, 5) is 4.64. The van der Waals surface area contributed by atoms with Gasteiger partial charge in [0.2, 0.25) is 0 Å². The lowest BCUT2D eigenvalue weighted by Gasteiger charge is -2.23. The lowest BCUT2D eigenvalue weighted by molar-refractivity contribution is 0.323. The largest absolute Gasteiger partial charge is 0.327 e. The van der Waals surface area contributed by atoms with Gasteiger partial charge in [-0.15, -0.1) is 0 Å². The first-order valence-corrected chi connectivity index (χ1v) is 10.2. The van der Waals surface area contributed by atoms with Gasteiger partial charge in [0.1, 0.15) is 5.65 Å². The fourth-order valence-corrected chi connectivity index (χ4v) is 3.36. The van der Waals surface area contributed by atoms with Crippen LogP contribution in [-0.2, 0) is 6.54 Å². The Bertz CT molecular complexity index is 974. The van der Waals surface area contributed by atoms with E-state index in [4.69, 9.17) is 0 Å². The quantitative estimate of drug-likeness (QED) is 0.380. The van der Waals surface area contributed by atoms with Crippen molar-refractivity contribution in [2.75, 3.05) is 0 Å². The summed E-state index contributed by atoms with van der Waals surface area (Å²) in [5.41, 5.74) is 6.39. The average Bonchev–Trinajstić information content (AvgIpc) is 3.04. The van der Waals surface area contributed by atoms with Crippen LogP contribution in [0.5, 0.6) is 0 Å². The summed E-state index contributed by atoms with van der Waals surface area (Å²) in [5.74, 6) is 0. The van der Waals surface area contributed by atoms with E-state index in [9.17, 15) is 0 Å². The summed E-state index contributed by atoms with van der Waals surface area (Å²) in [6.07, 6.45) is 9.77. The number of hydrogen-bond donors (Lipinski definition) is 0. The van der Waals surface area contributed by atoms with Crippen molar-refractivity contribution in [3.05, 3.63) is 83.7 Å². The maximum atomic E-state index is 4.64. The third-order valence-corrected chi connectivity index (χ3v) is 5.85. The van der Waals surface area contributed by atoms with E-state index in [0.717, 1.165) is 18.6 Å². The molecule has 3 rings (SSSR count). The fraction of sp³-hybridized carbons (Fsp3) is 0.346. The molecule has 0 spiro atoms. The summed E-state index contributed by atoms with van der Waals surface area (Å²) >= 11 is 0. The van der Waals surface area contributed by atoms with E-state index >= 15 is 0 Å². The highest BCUT2D eigenvalue weighted by molar-refractivity contribution is 5.87. The third kappa shape index (κ3) is 4.81. The molecule has 0 aliphatic heterocycles. The molecule has 0 bridgehead atoms. The normalized spacial score (nSPS) is 12.5. The number of nitrogens with zero attached hydrogens (tertiary/aromatic N) is 2. The molecule has 2 heterocycles. The molecule has 0 amide bonds. The molecular formula is C26H32N2. The van der Waals surface area contributed by atoms with E-state index < -0.39 is 0 Å². The van der Waals surface area contributed by atoms with Crippen LogP contribution in [0.15, 0.2) is 72.6 Å². The second-order valence-corrected chi connectivity index (χ2v) is 8.52. The van der Waals surface area contributed by atoms with Crippen LogP contribution in [0.4, 0.5) is 0 Å². The molecule has 0 atom stereocenters. The zero-order valence-electron chi connectivity index (χ0n) is 17.7. The van der Waals surface area contributed by atoms with Gasteiger partial charge in [-0.2, -0.15) is 0 Å². The predicted molar refractivity (Wildman–Crippen MR) is 121 cm³/mol. The molecule has 2 nitrogen and oxygen atoms in total. The Kier molecular flexibility index (Phi) is 6.18. The van der Waals surface area contributed by atoms with Gasteiger partial charge in [0.05, 0.1) is 0 Å². The second kappa shape index (κ2) is 8.60. The zero-order valence-corrected chi connectivity index (χ0v) is 17.7. The topological polar surface area (TPSA) is 17.8 Å². The lowest BCUT2D eigenvalue weighted by atomic mass is 9.83. The highest BCUT2D eigenvalue weighted by Gasteiger charge is 2.15. The SMILES string of the molecule is C=C(CCC(C)(C)CC)/C(C)=C/c1cn(Cc2ccccc2)c2ncccc12. The predicted octanol–water partition coefficient (Wildman–Crippen LogP) is 7.26. The van der Waals surface area contributed by atoms with Crippen LogP contribution in [0.3, 0.4) is 0 Å². The third-order valence-electron chi connectivity index (χ3n) is 5.85. The highest BCUT2D eigenvalue weighted by atomic mass is 15.0. The highest BCUT2D eigenvalue weighted by Crippen LogP contribution is 2.30. The van der Waals surface area contributed by atoms with E-state index in [1.165, 1.54) is 40.5 Å².